The van der Waals surface area contributed by atoms with Gasteiger partial charge in [0, 0.05) is 0 Å². The fraction of sp³-hybridized carbons (Fsp3) is 0.647. The fourth-order valence-electron chi connectivity index (χ4n) is 8.22. The zero-order valence-electron chi connectivity index (χ0n) is 38.2. The van der Waals surface area contributed by atoms with E-state index < -0.39 is 0 Å². The highest BCUT2D eigenvalue weighted by molar-refractivity contribution is 5.52. The minimum atomic E-state index is -0.188. The van der Waals surface area contributed by atoms with E-state index in [-0.39, 0.29) is 32.5 Å². The summed E-state index contributed by atoms with van der Waals surface area (Å²) in [6.07, 6.45) is 6.02. The maximum absolute atomic E-state index is 11.6. The Morgan fingerprint density at radius 2 is 0.630 bits per heavy atom. The van der Waals surface area contributed by atoms with Gasteiger partial charge < -0.3 is 15.3 Å². The lowest BCUT2D eigenvalue weighted by Crippen LogP contribution is -2.23. The number of rotatable bonds is 10. The van der Waals surface area contributed by atoms with Crippen molar-refractivity contribution in [3.63, 3.8) is 0 Å². The van der Waals surface area contributed by atoms with Crippen LogP contribution >= 0.6 is 0 Å². The number of phenolic OH excluding ortho intramolecular Hbond substituents is 3. The van der Waals surface area contributed by atoms with E-state index in [4.69, 9.17) is 0 Å². The van der Waals surface area contributed by atoms with Crippen LogP contribution in [0.5, 0.6) is 17.2 Å². The molecule has 3 heteroatoms. The lowest BCUT2D eigenvalue weighted by molar-refractivity contribution is 0.292. The van der Waals surface area contributed by atoms with Gasteiger partial charge >= 0.3 is 0 Å². The van der Waals surface area contributed by atoms with Gasteiger partial charge in [0.05, 0.1) is 0 Å². The molecule has 0 saturated heterocycles. The third-order valence-electron chi connectivity index (χ3n) is 11.6. The molecule has 0 spiro atoms. The van der Waals surface area contributed by atoms with Crippen LogP contribution in [-0.2, 0) is 51.8 Å². The largest absolute Gasteiger partial charge is 0.507 e. The highest BCUT2D eigenvalue weighted by Crippen LogP contribution is 2.44. The quantitative estimate of drug-likeness (QED) is 0.194. The molecular weight excluding hydrogens is 661 g/mol. The van der Waals surface area contributed by atoms with E-state index in [9.17, 15) is 15.3 Å². The van der Waals surface area contributed by atoms with Crippen LogP contribution in [0.2, 0.25) is 0 Å². The van der Waals surface area contributed by atoms with E-state index >= 15 is 0 Å². The average Bonchev–Trinajstić information content (AvgIpc) is 2.98. The van der Waals surface area contributed by atoms with Gasteiger partial charge in [0.25, 0.3) is 0 Å². The second-order valence-electron chi connectivity index (χ2n) is 22.8. The van der Waals surface area contributed by atoms with E-state index in [1.807, 2.05) is 0 Å². The van der Waals surface area contributed by atoms with Gasteiger partial charge in [-0.15, -0.1) is 0 Å². The zero-order valence-corrected chi connectivity index (χ0v) is 38.2. The van der Waals surface area contributed by atoms with Crippen LogP contribution in [0.4, 0.5) is 0 Å². The molecule has 0 fully saturated rings. The summed E-state index contributed by atoms with van der Waals surface area (Å²) in [5.74, 6) is 2.15. The molecule has 0 aromatic heterocycles. The normalized spacial score (nSPS) is 14.7. The first-order chi connectivity index (χ1) is 24.3. The molecule has 0 amide bonds. The molecule has 0 bridgehead atoms. The summed E-state index contributed by atoms with van der Waals surface area (Å²) in [6, 6.07) is 13.6. The predicted molar refractivity (Wildman–Crippen MR) is 234 cm³/mol. The van der Waals surface area contributed by atoms with Crippen molar-refractivity contribution in [2.75, 3.05) is 0 Å². The van der Waals surface area contributed by atoms with Gasteiger partial charge in [-0.3, -0.25) is 0 Å². The molecular formula is C51H80O3. The smallest absolute Gasteiger partial charge is 0.123 e. The molecule has 3 nitrogen and oxygen atoms in total. The Hall–Kier alpha value is -2.94. The SMILES string of the molecule is CCC(Cc1cc(C(C)(C)C)c(O)c(C(C)(C)C)c1)C(CCCc1cc(C(C)(C)C)c(O)c(C(C)(C)C)c1)Cc1cc(C(C)(C)C)c(O)c(C(C)(C)C)c1. The Labute approximate surface area is 332 Å². The summed E-state index contributed by atoms with van der Waals surface area (Å²) in [6.45, 7) is 41.9. The Balaban J connectivity index is 2.17. The Morgan fingerprint density at radius 3 is 0.870 bits per heavy atom. The van der Waals surface area contributed by atoms with Gasteiger partial charge in [-0.2, -0.15) is 0 Å². The van der Waals surface area contributed by atoms with E-state index in [1.54, 1.807) is 0 Å². The molecule has 3 aromatic rings. The lowest BCUT2D eigenvalue weighted by atomic mass is 9.73. The van der Waals surface area contributed by atoms with Crippen molar-refractivity contribution in [1.29, 1.82) is 0 Å². The van der Waals surface area contributed by atoms with Crippen LogP contribution in [-0.4, -0.2) is 15.3 Å². The molecule has 0 aliphatic rings. The van der Waals surface area contributed by atoms with Gasteiger partial charge in [0.15, 0.2) is 0 Å². The summed E-state index contributed by atoms with van der Waals surface area (Å²) in [5, 5.41) is 34.5. The van der Waals surface area contributed by atoms with E-state index in [1.165, 1.54) is 16.7 Å². The number of phenols is 3. The third kappa shape index (κ3) is 11.1. The molecule has 54 heavy (non-hydrogen) atoms. The van der Waals surface area contributed by atoms with Crippen molar-refractivity contribution in [2.24, 2.45) is 11.8 Å². The molecule has 0 radical (unpaired) electrons. The van der Waals surface area contributed by atoms with Gasteiger partial charge in [-0.1, -0.05) is 174 Å². The monoisotopic (exact) mass is 741 g/mol. The zero-order chi connectivity index (χ0) is 41.6. The molecule has 0 aliphatic carbocycles. The van der Waals surface area contributed by atoms with E-state index in [0.717, 1.165) is 71.9 Å². The van der Waals surface area contributed by atoms with Gasteiger partial charge in [0.2, 0.25) is 0 Å². The van der Waals surface area contributed by atoms with Crippen LogP contribution in [0.15, 0.2) is 36.4 Å². The van der Waals surface area contributed by atoms with Crippen LogP contribution in [0, 0.1) is 11.8 Å². The first-order valence-corrected chi connectivity index (χ1v) is 20.9. The molecule has 2 atom stereocenters. The fourth-order valence-corrected chi connectivity index (χ4v) is 8.22. The van der Waals surface area contributed by atoms with E-state index in [2.05, 4.69) is 168 Å². The van der Waals surface area contributed by atoms with Crippen LogP contribution in [0.1, 0.15) is 201 Å². The van der Waals surface area contributed by atoms with Crippen molar-refractivity contribution in [1.82, 2.24) is 0 Å². The molecule has 2 unspecified atom stereocenters. The molecule has 3 aromatic carbocycles. The molecule has 3 rings (SSSR count). The highest BCUT2D eigenvalue weighted by atomic mass is 16.3. The molecule has 302 valence electrons. The van der Waals surface area contributed by atoms with Crippen molar-refractivity contribution in [3.8, 4) is 17.2 Å². The van der Waals surface area contributed by atoms with Crippen LogP contribution in [0.3, 0.4) is 0 Å². The van der Waals surface area contributed by atoms with Crippen molar-refractivity contribution < 1.29 is 15.3 Å². The standard InChI is InChI=1S/C51H80O3/c1-20-35(24-33-28-39(48(8,9)10)44(53)40(29-33)49(11,12)13)36(25-34-30-41(50(14,15)16)45(54)42(31-34)51(17,18)19)23-21-22-32-26-37(46(2,3)4)43(52)38(27-32)47(5,6)7/h26-31,35-36,52-54H,20-25H2,1-19H3. The minimum Gasteiger partial charge on any atom is -0.507 e. The van der Waals surface area contributed by atoms with Crippen molar-refractivity contribution in [3.05, 3.63) is 86.5 Å². The molecule has 3 N–H and O–H groups in total. The Morgan fingerprint density at radius 1 is 0.389 bits per heavy atom. The number of aryl methyl sites for hydroxylation is 1. The van der Waals surface area contributed by atoms with Gasteiger partial charge in [-0.25, -0.2) is 0 Å². The molecule has 0 saturated carbocycles. The van der Waals surface area contributed by atoms with Crippen molar-refractivity contribution in [2.45, 2.75) is 203 Å². The average molecular weight is 741 g/mol. The van der Waals surface area contributed by atoms with E-state index in [0.29, 0.717) is 29.1 Å². The summed E-state index contributed by atoms with van der Waals surface area (Å²) in [7, 11) is 0. The van der Waals surface area contributed by atoms with Gasteiger partial charge in [0.1, 0.15) is 17.2 Å². The summed E-state index contributed by atoms with van der Waals surface area (Å²) in [5.41, 5.74) is 9.00. The summed E-state index contributed by atoms with van der Waals surface area (Å²) >= 11 is 0. The first-order valence-electron chi connectivity index (χ1n) is 20.9. The Bertz CT molecular complexity index is 1640. The number of aromatic hydroxyl groups is 3. The van der Waals surface area contributed by atoms with Crippen LogP contribution in [0.25, 0.3) is 0 Å². The second-order valence-corrected chi connectivity index (χ2v) is 22.8. The topological polar surface area (TPSA) is 60.7 Å². The number of hydrogen-bond acceptors (Lipinski definition) is 3. The maximum Gasteiger partial charge on any atom is 0.123 e. The summed E-state index contributed by atoms with van der Waals surface area (Å²) < 4.78 is 0. The minimum absolute atomic E-state index is 0.160. The number of benzene rings is 3. The maximum atomic E-state index is 11.6. The van der Waals surface area contributed by atoms with Crippen molar-refractivity contribution >= 4 is 0 Å². The lowest BCUT2D eigenvalue weighted by Gasteiger charge is -2.32. The first kappa shape index (κ1) is 45.4. The van der Waals surface area contributed by atoms with Crippen LogP contribution < -0.4 is 0 Å². The Kier molecular flexibility index (Phi) is 13.4. The highest BCUT2D eigenvalue weighted by Gasteiger charge is 2.31. The molecule has 0 aliphatic heterocycles. The number of hydrogen-bond donors (Lipinski definition) is 3. The second kappa shape index (κ2) is 15.9. The predicted octanol–water partition coefficient (Wildman–Crippen LogP) is 14.0. The summed E-state index contributed by atoms with van der Waals surface area (Å²) in [4.78, 5) is 0. The molecule has 0 heterocycles. The van der Waals surface area contributed by atoms with Gasteiger partial charge in [-0.05, 0) is 127 Å². The third-order valence-corrected chi connectivity index (χ3v) is 11.6.